The molecule has 110 heavy (non-hydrogen) atoms. The average molecular weight is 1480 g/mol. The third kappa shape index (κ3) is 12.3. The van der Waals surface area contributed by atoms with E-state index in [0.29, 0.717) is 40.8 Å². The number of aromatic nitrogens is 12. The molecule has 1 fully saturated rings. The molecule has 0 saturated carbocycles. The lowest BCUT2D eigenvalue weighted by atomic mass is 9.78. The molecule has 20 aromatic rings. The largest absolute Gasteiger partial charge is 0.496 e. The number of nitrogens with zero attached hydrogens (tertiary/aromatic N) is 12. The van der Waals surface area contributed by atoms with Gasteiger partial charge < -0.3 is 9.31 Å². The van der Waals surface area contributed by atoms with Gasteiger partial charge in [-0.15, -0.1) is 22.7 Å². The first kappa shape index (κ1) is 67.7. The van der Waals surface area contributed by atoms with E-state index in [0.717, 1.165) is 119 Å². The first-order valence-electron chi connectivity index (χ1n) is 36.2. The summed E-state index contributed by atoms with van der Waals surface area (Å²) in [7, 11) is -0.463. The van der Waals surface area contributed by atoms with Crippen molar-refractivity contribution in [3.8, 4) is 91.4 Å². The van der Waals surface area contributed by atoms with Crippen molar-refractivity contribution >= 4 is 131 Å². The Hall–Kier alpha value is -12.9. The van der Waals surface area contributed by atoms with Gasteiger partial charge in [0.05, 0.1) is 53.7 Å². The van der Waals surface area contributed by atoms with Gasteiger partial charge in [-0.1, -0.05) is 285 Å². The van der Waals surface area contributed by atoms with E-state index in [9.17, 15) is 0 Å². The smallest absolute Gasteiger partial charge is 0.399 e. The molecule has 0 atom stereocenters. The van der Waals surface area contributed by atoms with E-state index in [2.05, 4.69) is 210 Å². The second-order valence-electron chi connectivity index (χ2n) is 27.8. The minimum Gasteiger partial charge on any atom is -0.399 e. The van der Waals surface area contributed by atoms with E-state index in [-0.39, 0.29) is 5.28 Å². The van der Waals surface area contributed by atoms with Crippen LogP contribution in [-0.2, 0) is 9.31 Å². The van der Waals surface area contributed by atoms with Crippen LogP contribution in [0.15, 0.2) is 315 Å². The third-order valence-corrected chi connectivity index (χ3v) is 23.1. The predicted octanol–water partition coefficient (Wildman–Crippen LogP) is 22.6. The molecule has 8 aromatic heterocycles. The van der Waals surface area contributed by atoms with Crippen LogP contribution in [0.3, 0.4) is 0 Å². The number of hydrogen-bond donors (Lipinski definition) is 0. The maximum atomic E-state index is 6.51. The first-order chi connectivity index (χ1) is 53.9. The van der Waals surface area contributed by atoms with Crippen molar-refractivity contribution < 1.29 is 9.31 Å². The van der Waals surface area contributed by atoms with Gasteiger partial charge in [-0.2, -0.15) is 9.97 Å². The van der Waals surface area contributed by atoms with Crippen molar-refractivity contribution in [2.45, 2.75) is 38.9 Å². The third-order valence-electron chi connectivity index (χ3n) is 20.4. The highest BCUT2D eigenvalue weighted by Gasteiger charge is 2.52. The van der Waals surface area contributed by atoms with Gasteiger partial charge in [0.25, 0.3) is 0 Å². The monoisotopic (exact) mass is 1480 g/mol. The highest BCUT2D eigenvalue weighted by atomic mass is 35.5. The van der Waals surface area contributed by atoms with Crippen LogP contribution in [0.1, 0.15) is 27.7 Å². The second kappa shape index (κ2) is 28.0. The molecule has 1 saturated heterocycles. The summed E-state index contributed by atoms with van der Waals surface area (Å²) in [4.78, 5) is 49.0. The fraction of sp³-hybridized carbons (Fsp3) is 0.0652. The lowest BCUT2D eigenvalue weighted by Gasteiger charge is -2.32. The lowest BCUT2D eigenvalue weighted by molar-refractivity contribution is 0.00578. The van der Waals surface area contributed by atoms with E-state index in [4.69, 9.17) is 55.8 Å². The van der Waals surface area contributed by atoms with Gasteiger partial charge in [-0.25, -0.2) is 39.9 Å². The molecule has 526 valence electrons. The SMILES string of the molecule is CC1(C)OB(c2cccc3c2sc2c(-n4c5ccccc5c5ccccc54)nc(-c4ccccc4)nc23)OC1(C)C.Clc1nc(-c2ccccc2)nc(-c2ccccc2)n1.c1ccc(-c2nc(-c3ccccc3)nc(-c3cccc4c3sc3c(-n5c6ccccc6c6ccccc65)nc(-c5ccccc5)nc34)n2)cc1. The van der Waals surface area contributed by atoms with Crippen molar-refractivity contribution in [1.29, 1.82) is 0 Å². The number of benzene rings is 12. The fourth-order valence-electron chi connectivity index (χ4n) is 14.4. The first-order valence-corrected chi connectivity index (χ1v) is 38.3. The summed E-state index contributed by atoms with van der Waals surface area (Å²) in [6.45, 7) is 8.37. The highest BCUT2D eigenvalue weighted by Crippen LogP contribution is 2.46. The molecular formula is C92H64BClN12O2S2. The van der Waals surface area contributed by atoms with Crippen LogP contribution in [0.4, 0.5) is 0 Å². The maximum Gasteiger partial charge on any atom is 0.496 e. The Morgan fingerprint density at radius 1 is 0.273 bits per heavy atom. The second-order valence-corrected chi connectivity index (χ2v) is 30.2. The Bertz CT molecular complexity index is 6650. The molecule has 0 amide bonds. The van der Waals surface area contributed by atoms with Gasteiger partial charge in [0.2, 0.25) is 5.28 Å². The van der Waals surface area contributed by atoms with E-state index in [1.54, 1.807) is 22.7 Å². The van der Waals surface area contributed by atoms with Gasteiger partial charge in [-0.3, -0.25) is 9.13 Å². The molecule has 0 radical (unpaired) electrons. The molecule has 0 N–H and O–H groups in total. The molecule has 18 heteroatoms. The van der Waals surface area contributed by atoms with Crippen molar-refractivity contribution in [2.24, 2.45) is 0 Å². The summed E-state index contributed by atoms with van der Waals surface area (Å²) in [6.07, 6.45) is 0. The molecule has 0 spiro atoms. The van der Waals surface area contributed by atoms with E-state index in [1.807, 2.05) is 158 Å². The van der Waals surface area contributed by atoms with Gasteiger partial charge in [0.1, 0.15) is 0 Å². The zero-order chi connectivity index (χ0) is 74.0. The van der Waals surface area contributed by atoms with Crippen LogP contribution in [0.25, 0.3) is 176 Å². The molecule has 0 bridgehead atoms. The Labute approximate surface area is 645 Å². The van der Waals surface area contributed by atoms with Crippen LogP contribution < -0.4 is 5.46 Å². The minimum absolute atomic E-state index is 0.202. The van der Waals surface area contributed by atoms with Gasteiger partial charge in [0, 0.05) is 86.1 Å². The number of hydrogen-bond acceptors (Lipinski definition) is 14. The Morgan fingerprint density at radius 2 is 0.555 bits per heavy atom. The Balaban J connectivity index is 0.000000122. The molecule has 1 aliphatic heterocycles. The standard InChI is InChI=1S/C43H26N6S.C34H28BN3O2S.C15H10ClN3/c1-4-15-27(16-5-1)39-44-36-32-23-14-24-33(42-46-40(28-17-6-2-7-18-28)45-41(47-42)29-19-8-3-9-20-29)37(32)50-38(36)43(48-39)49-34-25-12-10-21-30(34)31-22-11-13-26-35(31)49;1-33(2)34(3,4)40-35(39-33)25-18-12-17-24-28-30(41-29(24)25)32(37-31(36-28)21-13-6-5-7-14-21)38-26-19-10-8-15-22(26)23-16-9-11-20-27(23)38;16-15-18-13(11-7-3-1-4-8-11)17-14(19-15)12-9-5-2-6-10-12/h1-26H;5-20H,1-4H3;1-10H. The quantitative estimate of drug-likeness (QED) is 0.120. The summed E-state index contributed by atoms with van der Waals surface area (Å²) in [5.41, 5.74) is 13.0. The van der Waals surface area contributed by atoms with Gasteiger partial charge in [0.15, 0.2) is 52.4 Å². The summed E-state index contributed by atoms with van der Waals surface area (Å²) < 4.78 is 21.8. The average Bonchev–Trinajstić information content (AvgIpc) is 1.57. The number of halogens is 1. The van der Waals surface area contributed by atoms with E-state index < -0.39 is 18.3 Å². The molecule has 14 nitrogen and oxygen atoms in total. The summed E-state index contributed by atoms with van der Waals surface area (Å²) in [5.74, 6) is 6.16. The van der Waals surface area contributed by atoms with Crippen molar-refractivity contribution in [3.63, 3.8) is 0 Å². The fourth-order valence-corrected chi connectivity index (χ4v) is 17.0. The Morgan fingerprint density at radius 3 is 0.918 bits per heavy atom. The van der Waals surface area contributed by atoms with Crippen molar-refractivity contribution in [3.05, 3.63) is 321 Å². The van der Waals surface area contributed by atoms with Crippen LogP contribution >= 0.6 is 34.3 Å². The summed E-state index contributed by atoms with van der Waals surface area (Å²) >= 11 is 9.39. The number of thiophene rings is 2. The number of fused-ring (bicyclic) bond motifs is 12. The molecule has 21 rings (SSSR count). The van der Waals surface area contributed by atoms with Crippen LogP contribution in [0.5, 0.6) is 0 Å². The maximum absolute atomic E-state index is 6.51. The van der Waals surface area contributed by atoms with Crippen molar-refractivity contribution in [2.75, 3.05) is 0 Å². The lowest BCUT2D eigenvalue weighted by Crippen LogP contribution is -2.41. The van der Waals surface area contributed by atoms with Gasteiger partial charge >= 0.3 is 7.12 Å². The highest BCUT2D eigenvalue weighted by molar-refractivity contribution is 7.27. The zero-order valence-electron chi connectivity index (χ0n) is 60.0. The number of para-hydroxylation sites is 4. The van der Waals surface area contributed by atoms with Gasteiger partial charge in [-0.05, 0) is 69.6 Å². The van der Waals surface area contributed by atoms with E-state index in [1.165, 1.54) is 21.5 Å². The molecule has 9 heterocycles. The van der Waals surface area contributed by atoms with Crippen LogP contribution in [-0.4, -0.2) is 77.3 Å². The molecule has 0 aliphatic carbocycles. The topological polar surface area (TPSA) is 157 Å². The molecule has 1 aliphatic rings. The summed E-state index contributed by atoms with van der Waals surface area (Å²) in [6, 6.07) is 107. The van der Waals surface area contributed by atoms with E-state index >= 15 is 0 Å². The Kier molecular flexibility index (Phi) is 17.3. The zero-order valence-corrected chi connectivity index (χ0v) is 62.4. The van der Waals surface area contributed by atoms with Crippen molar-refractivity contribution in [1.82, 2.24) is 59.0 Å². The molecular weight excluding hydrogens is 1420 g/mol. The predicted molar refractivity (Wildman–Crippen MR) is 451 cm³/mol. The van der Waals surface area contributed by atoms with Crippen LogP contribution in [0.2, 0.25) is 5.28 Å². The number of rotatable bonds is 10. The normalized spacial score (nSPS) is 13.2. The molecule has 12 aromatic carbocycles. The van der Waals surface area contributed by atoms with Crippen LogP contribution in [0, 0.1) is 0 Å². The summed E-state index contributed by atoms with van der Waals surface area (Å²) in [5, 5.41) is 7.10. The molecule has 0 unspecified atom stereocenters. The minimum atomic E-state index is -0.463.